The first kappa shape index (κ1) is 19.3. The summed E-state index contributed by atoms with van der Waals surface area (Å²) in [4.78, 5) is 17.7. The molecule has 1 aliphatic rings. The number of halogens is 2. The molecule has 0 saturated carbocycles. The number of rotatable bonds is 1. The zero-order valence-electron chi connectivity index (χ0n) is 14.2. The van der Waals surface area contributed by atoms with Gasteiger partial charge in [-0.25, -0.2) is 9.98 Å². The van der Waals surface area contributed by atoms with Crippen molar-refractivity contribution in [2.75, 3.05) is 0 Å². The van der Waals surface area contributed by atoms with Crippen LogP contribution in [-0.4, -0.2) is 31.4 Å². The average Bonchev–Trinajstić information content (AvgIpc) is 3.06. The molecular weight excluding hydrogens is 434 g/mol. The average molecular weight is 449 g/mol. The van der Waals surface area contributed by atoms with Gasteiger partial charge in [0.05, 0.1) is 11.4 Å². The Kier molecular flexibility index (Phi) is 5.74. The number of aromatic nitrogens is 2. The van der Waals surface area contributed by atoms with Gasteiger partial charge in [0.15, 0.2) is 5.82 Å². The van der Waals surface area contributed by atoms with Crippen molar-refractivity contribution in [3.05, 3.63) is 81.3 Å². The number of benzene rings is 2. The highest BCUT2D eigenvalue weighted by Crippen LogP contribution is 2.32. The van der Waals surface area contributed by atoms with Crippen LogP contribution in [0.4, 0.5) is 0 Å². The molecule has 27 heavy (non-hydrogen) atoms. The fraction of sp³-hybridized carbons (Fsp3) is 0.105. The number of imidazole rings is 1. The van der Waals surface area contributed by atoms with Gasteiger partial charge in [-0.2, -0.15) is 0 Å². The van der Waals surface area contributed by atoms with Crippen LogP contribution in [0, 0.1) is 0 Å². The van der Waals surface area contributed by atoms with E-state index in [1.54, 1.807) is 6.20 Å². The Labute approximate surface area is 168 Å². The van der Waals surface area contributed by atoms with Crippen molar-refractivity contribution >= 4 is 39.2 Å². The minimum atomic E-state index is -1.05. The van der Waals surface area contributed by atoms with Gasteiger partial charge in [0.2, 0.25) is 6.23 Å². The van der Waals surface area contributed by atoms with Crippen LogP contribution in [0.2, 0.25) is 5.02 Å². The molecule has 0 aliphatic carbocycles. The summed E-state index contributed by atoms with van der Waals surface area (Å²) >= 11 is 9.86. The molecule has 6 nitrogen and oxygen atoms in total. The van der Waals surface area contributed by atoms with Crippen LogP contribution < -0.4 is 0 Å². The lowest BCUT2D eigenvalue weighted by atomic mass is 10.0. The first-order valence-electron chi connectivity index (χ1n) is 7.92. The quantitative estimate of drug-likeness (QED) is 0.583. The van der Waals surface area contributed by atoms with Crippen molar-refractivity contribution in [3.63, 3.8) is 0 Å². The lowest BCUT2D eigenvalue weighted by Gasteiger charge is -2.12. The van der Waals surface area contributed by atoms with E-state index in [2.05, 4.69) is 25.9 Å². The fourth-order valence-electron chi connectivity index (χ4n) is 2.74. The second-order valence-electron chi connectivity index (χ2n) is 5.67. The molecule has 0 bridgehead atoms. The van der Waals surface area contributed by atoms with E-state index in [0.717, 1.165) is 28.2 Å². The monoisotopic (exact) mass is 447 g/mol. The summed E-state index contributed by atoms with van der Waals surface area (Å²) in [7, 11) is 0. The molecule has 1 aromatic heterocycles. The second kappa shape index (κ2) is 8.04. The van der Waals surface area contributed by atoms with Crippen LogP contribution in [0.5, 0.6) is 0 Å². The second-order valence-corrected chi connectivity index (χ2v) is 6.99. The van der Waals surface area contributed by atoms with Crippen molar-refractivity contribution in [1.29, 1.82) is 0 Å². The van der Waals surface area contributed by atoms with E-state index < -0.39 is 12.2 Å². The van der Waals surface area contributed by atoms with Crippen LogP contribution in [0.3, 0.4) is 0 Å². The van der Waals surface area contributed by atoms with Gasteiger partial charge in [0, 0.05) is 39.9 Å². The summed E-state index contributed by atoms with van der Waals surface area (Å²) in [6.45, 7) is 1.08. The minimum absolute atomic E-state index is 0.482. The third-order valence-electron chi connectivity index (χ3n) is 3.75. The summed E-state index contributed by atoms with van der Waals surface area (Å²) in [5, 5.41) is 18.5. The lowest BCUT2D eigenvalue weighted by molar-refractivity contribution is -0.134. The van der Waals surface area contributed by atoms with E-state index in [1.807, 2.05) is 53.2 Å². The number of hydrogen-bond donors (Lipinski definition) is 2. The normalized spacial score (nSPS) is 14.8. The number of carboxylic acid groups (broad SMARTS) is 1. The summed E-state index contributed by atoms with van der Waals surface area (Å²) in [6.07, 6.45) is 2.42. The van der Waals surface area contributed by atoms with Gasteiger partial charge < -0.3 is 10.2 Å². The van der Waals surface area contributed by atoms with E-state index in [1.165, 1.54) is 0 Å². The Hall–Kier alpha value is -2.48. The minimum Gasteiger partial charge on any atom is -0.481 e. The smallest absolute Gasteiger partial charge is 0.300 e. The first-order chi connectivity index (χ1) is 12.9. The Morgan fingerprint density at radius 2 is 1.93 bits per heavy atom. The molecule has 2 heterocycles. The Morgan fingerprint density at radius 1 is 1.22 bits per heavy atom. The van der Waals surface area contributed by atoms with Gasteiger partial charge in [-0.3, -0.25) is 9.36 Å². The van der Waals surface area contributed by atoms with Crippen molar-refractivity contribution in [2.24, 2.45) is 4.99 Å². The van der Waals surface area contributed by atoms with E-state index >= 15 is 0 Å². The summed E-state index contributed by atoms with van der Waals surface area (Å²) in [6, 6.07) is 13.4. The molecule has 3 aromatic rings. The van der Waals surface area contributed by atoms with Gasteiger partial charge in [0.1, 0.15) is 0 Å². The number of aliphatic hydroxyl groups is 1. The molecule has 0 amide bonds. The molecule has 0 fully saturated rings. The maximum Gasteiger partial charge on any atom is 0.300 e. The maximum atomic E-state index is 10.5. The topological polar surface area (TPSA) is 87.7 Å². The first-order valence-corrected chi connectivity index (χ1v) is 9.09. The van der Waals surface area contributed by atoms with Crippen molar-refractivity contribution in [2.45, 2.75) is 13.2 Å². The largest absolute Gasteiger partial charge is 0.481 e. The van der Waals surface area contributed by atoms with Crippen LogP contribution >= 0.6 is 27.5 Å². The lowest BCUT2D eigenvalue weighted by Crippen LogP contribution is -2.07. The van der Waals surface area contributed by atoms with Crippen LogP contribution in [-0.2, 0) is 4.79 Å². The number of carboxylic acids is 1. The van der Waals surface area contributed by atoms with E-state index in [0.29, 0.717) is 16.6 Å². The van der Waals surface area contributed by atoms with Crippen molar-refractivity contribution in [1.82, 2.24) is 9.55 Å². The Balaban J connectivity index is 0.000000481. The fourth-order valence-corrected chi connectivity index (χ4v) is 3.32. The number of aliphatic imine (C=N–C) groups is 1. The molecule has 0 radical (unpaired) electrons. The van der Waals surface area contributed by atoms with Gasteiger partial charge in [0.25, 0.3) is 5.97 Å². The zero-order valence-corrected chi connectivity index (χ0v) is 16.5. The van der Waals surface area contributed by atoms with Crippen molar-refractivity contribution < 1.29 is 15.0 Å². The molecule has 1 unspecified atom stereocenters. The predicted octanol–water partition coefficient (Wildman–Crippen LogP) is 4.22. The zero-order chi connectivity index (χ0) is 19.6. The van der Waals surface area contributed by atoms with Gasteiger partial charge >= 0.3 is 0 Å². The third-order valence-corrected chi connectivity index (χ3v) is 4.58. The number of nitrogens with zero attached hydrogens (tertiary/aromatic N) is 3. The number of aliphatic carboxylic acids is 1. The molecule has 138 valence electrons. The Bertz CT molecular complexity index is 1030. The number of fused-ring (bicyclic) bond motifs is 3. The number of aliphatic hydroxyl groups excluding tert-OH is 1. The molecular formula is C19H15BrClN3O3. The molecule has 0 saturated heterocycles. The molecule has 2 N–H and O–H groups in total. The van der Waals surface area contributed by atoms with E-state index in [4.69, 9.17) is 21.5 Å². The van der Waals surface area contributed by atoms with Crippen LogP contribution in [0.25, 0.3) is 5.69 Å². The summed E-state index contributed by atoms with van der Waals surface area (Å²) < 4.78 is 2.77. The van der Waals surface area contributed by atoms with Gasteiger partial charge in [-0.1, -0.05) is 45.7 Å². The maximum absolute atomic E-state index is 10.5. The predicted molar refractivity (Wildman–Crippen MR) is 107 cm³/mol. The molecule has 1 atom stereocenters. The third kappa shape index (κ3) is 4.10. The highest BCUT2D eigenvalue weighted by Gasteiger charge is 2.25. The Morgan fingerprint density at radius 3 is 2.63 bits per heavy atom. The standard InChI is InChI=1S/C17H11BrClN3O.C2H4O2/c18-10-5-6-14-12(9-10)15(11-3-1-2-4-13(11)19)21-17(23)16-20-7-8-22(14)16;1-2(3)4/h1-9,17,23H;1H3,(H,3,4). The molecule has 2 aromatic carbocycles. The highest BCUT2D eigenvalue weighted by atomic mass is 79.9. The highest BCUT2D eigenvalue weighted by molar-refractivity contribution is 9.10. The number of hydrogen-bond acceptors (Lipinski definition) is 4. The SMILES string of the molecule is CC(=O)O.OC1N=C(c2ccccc2Cl)c2cc(Br)ccc2-n2ccnc21. The van der Waals surface area contributed by atoms with Crippen molar-refractivity contribution in [3.8, 4) is 5.69 Å². The number of carbonyl (C=O) groups is 1. The molecule has 0 spiro atoms. The van der Waals surface area contributed by atoms with Gasteiger partial charge in [-0.15, -0.1) is 0 Å². The van der Waals surface area contributed by atoms with Crippen LogP contribution in [0.1, 0.15) is 30.1 Å². The molecule has 1 aliphatic heterocycles. The van der Waals surface area contributed by atoms with Gasteiger partial charge in [-0.05, 0) is 24.3 Å². The molecule has 8 heteroatoms. The summed E-state index contributed by atoms with van der Waals surface area (Å²) in [5.41, 5.74) is 3.20. The van der Waals surface area contributed by atoms with E-state index in [-0.39, 0.29) is 0 Å². The molecule has 4 rings (SSSR count). The van der Waals surface area contributed by atoms with Crippen LogP contribution in [0.15, 0.2) is 64.3 Å². The summed E-state index contributed by atoms with van der Waals surface area (Å²) in [5.74, 6) is -0.351. The van der Waals surface area contributed by atoms with E-state index in [9.17, 15) is 5.11 Å².